The number of rotatable bonds is 9. The second kappa shape index (κ2) is 12.8. The Kier molecular flexibility index (Phi) is 9.02. The number of amides is 2. The molecular weight excluding hydrogens is 550 g/mol. The minimum atomic E-state index is -0.473. The van der Waals surface area contributed by atoms with Crippen molar-refractivity contribution in [3.63, 3.8) is 0 Å². The van der Waals surface area contributed by atoms with Gasteiger partial charge in [-0.3, -0.25) is 19.4 Å². The van der Waals surface area contributed by atoms with Crippen molar-refractivity contribution in [1.29, 1.82) is 0 Å². The highest BCUT2D eigenvalue weighted by Gasteiger charge is 2.15. The van der Waals surface area contributed by atoms with E-state index in [-0.39, 0.29) is 11.5 Å². The van der Waals surface area contributed by atoms with E-state index in [2.05, 4.69) is 31.5 Å². The van der Waals surface area contributed by atoms with Gasteiger partial charge in [-0.15, -0.1) is 11.8 Å². The quantitative estimate of drug-likeness (QED) is 0.141. The molecule has 0 fully saturated rings. The Morgan fingerprint density at radius 2 is 1.57 bits per heavy atom. The number of Topliss-reactive ketones (excluding diaryl/α,β-unsaturated/α-hetero) is 1. The molecule has 184 valence electrons. The second-order valence-corrected chi connectivity index (χ2v) is 9.83. The molecule has 0 radical (unpaired) electrons. The molecule has 1 aromatic heterocycles. The lowest BCUT2D eigenvalue weighted by atomic mass is 10.2. The lowest BCUT2D eigenvalue weighted by Gasteiger charge is -2.12. The zero-order valence-corrected chi connectivity index (χ0v) is 22.0. The SMILES string of the molecule is O=C(Nc1ccc(SCC(=O)c2ccc(Br)cc2)cc1)/C(=C/c1cccnc1)NC(=O)c1ccccc1. The average molecular weight is 572 g/mol. The van der Waals surface area contributed by atoms with Crippen LogP contribution in [0.25, 0.3) is 6.08 Å². The maximum atomic E-state index is 13.1. The number of nitrogens with zero attached hydrogens (tertiary/aromatic N) is 1. The predicted octanol–water partition coefficient (Wildman–Crippen LogP) is 6.23. The predicted molar refractivity (Wildman–Crippen MR) is 150 cm³/mol. The van der Waals surface area contributed by atoms with Gasteiger partial charge < -0.3 is 10.6 Å². The number of nitrogens with one attached hydrogen (secondary N) is 2. The first-order valence-corrected chi connectivity index (χ1v) is 13.1. The number of ketones is 1. The van der Waals surface area contributed by atoms with Crippen LogP contribution in [-0.2, 0) is 4.79 Å². The van der Waals surface area contributed by atoms with Crippen molar-refractivity contribution in [2.24, 2.45) is 0 Å². The monoisotopic (exact) mass is 571 g/mol. The zero-order valence-electron chi connectivity index (χ0n) is 19.6. The Labute approximate surface area is 227 Å². The average Bonchev–Trinajstić information content (AvgIpc) is 2.93. The van der Waals surface area contributed by atoms with Gasteiger partial charge in [0.25, 0.3) is 11.8 Å². The van der Waals surface area contributed by atoms with Gasteiger partial charge in [-0.25, -0.2) is 0 Å². The topological polar surface area (TPSA) is 88.2 Å². The summed E-state index contributed by atoms with van der Waals surface area (Å²) in [7, 11) is 0. The maximum absolute atomic E-state index is 13.1. The van der Waals surface area contributed by atoms with Gasteiger partial charge >= 0.3 is 0 Å². The summed E-state index contributed by atoms with van der Waals surface area (Å²) in [4.78, 5) is 43.2. The van der Waals surface area contributed by atoms with Crippen LogP contribution in [0.5, 0.6) is 0 Å². The van der Waals surface area contributed by atoms with E-state index in [1.54, 1.807) is 79.1 Å². The lowest BCUT2D eigenvalue weighted by Crippen LogP contribution is -2.30. The summed E-state index contributed by atoms with van der Waals surface area (Å²) in [5.74, 6) is -0.530. The molecule has 0 saturated heterocycles. The first-order chi connectivity index (χ1) is 18.0. The highest BCUT2D eigenvalue weighted by Crippen LogP contribution is 2.22. The maximum Gasteiger partial charge on any atom is 0.272 e. The molecule has 3 aromatic carbocycles. The molecule has 0 unspecified atom stereocenters. The van der Waals surface area contributed by atoms with Crippen molar-refractivity contribution in [2.75, 3.05) is 11.1 Å². The van der Waals surface area contributed by atoms with E-state index < -0.39 is 11.8 Å². The Hall–Kier alpha value is -4.01. The number of aromatic nitrogens is 1. The number of anilines is 1. The van der Waals surface area contributed by atoms with Crippen molar-refractivity contribution >= 4 is 57.1 Å². The van der Waals surface area contributed by atoms with Crippen LogP contribution in [0.2, 0.25) is 0 Å². The summed E-state index contributed by atoms with van der Waals surface area (Å²) in [5.41, 5.74) is 2.40. The van der Waals surface area contributed by atoms with Gasteiger partial charge in [-0.2, -0.15) is 0 Å². The number of hydrogen-bond donors (Lipinski definition) is 2. The Balaban J connectivity index is 1.42. The third-order valence-corrected chi connectivity index (χ3v) is 6.71. The smallest absolute Gasteiger partial charge is 0.272 e. The number of carbonyl (C=O) groups is 3. The molecule has 6 nitrogen and oxygen atoms in total. The summed E-state index contributed by atoms with van der Waals surface area (Å²) in [6.07, 6.45) is 4.80. The van der Waals surface area contributed by atoms with Gasteiger partial charge in [0.15, 0.2) is 5.78 Å². The van der Waals surface area contributed by atoms with Gasteiger partial charge in [0, 0.05) is 38.6 Å². The zero-order chi connectivity index (χ0) is 26.0. The van der Waals surface area contributed by atoms with E-state index in [4.69, 9.17) is 0 Å². The normalized spacial score (nSPS) is 11.0. The third kappa shape index (κ3) is 7.73. The molecule has 37 heavy (non-hydrogen) atoms. The van der Waals surface area contributed by atoms with E-state index >= 15 is 0 Å². The summed E-state index contributed by atoms with van der Waals surface area (Å²) in [6.45, 7) is 0. The molecular formula is C29H22BrN3O3S. The molecule has 0 aliphatic carbocycles. The molecule has 0 bridgehead atoms. The fourth-order valence-corrected chi connectivity index (χ4v) is 4.33. The van der Waals surface area contributed by atoms with E-state index in [9.17, 15) is 14.4 Å². The third-order valence-electron chi connectivity index (χ3n) is 5.17. The minimum Gasteiger partial charge on any atom is -0.321 e. The standard InChI is InChI=1S/C29H22BrN3O3S/c30-23-10-8-21(9-11-23)27(34)19-37-25-14-12-24(13-15-25)32-29(36)26(17-20-5-4-16-31-18-20)33-28(35)22-6-2-1-3-7-22/h1-18H,19H2,(H,32,36)(H,33,35)/b26-17-. The van der Waals surface area contributed by atoms with Crippen LogP contribution in [0, 0.1) is 0 Å². The fraction of sp³-hybridized carbons (Fsp3) is 0.0345. The van der Waals surface area contributed by atoms with Crippen molar-refractivity contribution in [1.82, 2.24) is 10.3 Å². The van der Waals surface area contributed by atoms with Crippen LogP contribution in [0.3, 0.4) is 0 Å². The number of carbonyl (C=O) groups excluding carboxylic acids is 3. The lowest BCUT2D eigenvalue weighted by molar-refractivity contribution is -0.113. The van der Waals surface area contributed by atoms with E-state index in [0.717, 1.165) is 9.37 Å². The molecule has 4 aromatic rings. The Morgan fingerprint density at radius 1 is 0.838 bits per heavy atom. The summed E-state index contributed by atoms with van der Waals surface area (Å²) in [5, 5.41) is 5.52. The molecule has 1 heterocycles. The van der Waals surface area contributed by atoms with Gasteiger partial charge in [0.1, 0.15) is 5.70 Å². The number of halogens is 1. The van der Waals surface area contributed by atoms with Crippen LogP contribution in [0.1, 0.15) is 26.3 Å². The van der Waals surface area contributed by atoms with Crippen LogP contribution >= 0.6 is 27.7 Å². The summed E-state index contributed by atoms with van der Waals surface area (Å²) < 4.78 is 0.924. The fourth-order valence-electron chi connectivity index (χ4n) is 3.27. The van der Waals surface area contributed by atoms with Crippen molar-refractivity contribution in [3.8, 4) is 0 Å². The highest BCUT2D eigenvalue weighted by molar-refractivity contribution is 9.10. The molecule has 0 aliphatic heterocycles. The molecule has 0 atom stereocenters. The molecule has 0 saturated carbocycles. The Morgan fingerprint density at radius 3 is 2.24 bits per heavy atom. The largest absolute Gasteiger partial charge is 0.321 e. The van der Waals surface area contributed by atoms with Crippen molar-refractivity contribution in [3.05, 3.63) is 130 Å². The van der Waals surface area contributed by atoms with Gasteiger partial charge in [0.05, 0.1) is 5.75 Å². The van der Waals surface area contributed by atoms with Crippen LogP contribution < -0.4 is 10.6 Å². The molecule has 2 amide bonds. The van der Waals surface area contributed by atoms with Crippen molar-refractivity contribution in [2.45, 2.75) is 4.90 Å². The van der Waals surface area contributed by atoms with Gasteiger partial charge in [0.2, 0.25) is 0 Å². The molecule has 0 spiro atoms. The van der Waals surface area contributed by atoms with Crippen LogP contribution in [-0.4, -0.2) is 28.3 Å². The van der Waals surface area contributed by atoms with Gasteiger partial charge in [-0.05, 0) is 66.2 Å². The van der Waals surface area contributed by atoms with E-state index in [1.807, 2.05) is 30.3 Å². The number of benzene rings is 3. The van der Waals surface area contributed by atoms with Crippen LogP contribution in [0.15, 0.2) is 118 Å². The second-order valence-electron chi connectivity index (χ2n) is 7.86. The van der Waals surface area contributed by atoms with Crippen molar-refractivity contribution < 1.29 is 14.4 Å². The van der Waals surface area contributed by atoms with E-state index in [1.165, 1.54) is 11.8 Å². The first-order valence-electron chi connectivity index (χ1n) is 11.3. The number of pyridine rings is 1. The number of hydrogen-bond acceptors (Lipinski definition) is 5. The Bertz CT molecular complexity index is 1410. The summed E-state index contributed by atoms with van der Waals surface area (Å²) >= 11 is 4.79. The molecule has 2 N–H and O–H groups in total. The van der Waals surface area contributed by atoms with Crippen LogP contribution in [0.4, 0.5) is 5.69 Å². The number of thioether (sulfide) groups is 1. The molecule has 8 heteroatoms. The first kappa shape index (κ1) is 26.1. The summed E-state index contributed by atoms with van der Waals surface area (Å²) in [6, 6.07) is 26.7. The molecule has 4 rings (SSSR count). The molecule has 0 aliphatic rings. The van der Waals surface area contributed by atoms with Gasteiger partial charge in [-0.1, -0.05) is 52.3 Å². The highest BCUT2D eigenvalue weighted by atomic mass is 79.9. The van der Waals surface area contributed by atoms with E-state index in [0.29, 0.717) is 28.1 Å². The minimum absolute atomic E-state index is 0.0363.